The van der Waals surface area contributed by atoms with Crippen molar-refractivity contribution in [1.82, 2.24) is 0 Å². The second-order valence-electron chi connectivity index (χ2n) is 4.85. The van der Waals surface area contributed by atoms with Crippen LogP contribution >= 0.6 is 0 Å². The first-order valence-corrected chi connectivity index (χ1v) is 6.73. The molecule has 1 aliphatic rings. The molecule has 0 saturated heterocycles. The molecule has 2 rings (SSSR count). The van der Waals surface area contributed by atoms with Gasteiger partial charge < -0.3 is 14.6 Å². The molecule has 1 N–H and O–H groups in total. The van der Waals surface area contributed by atoms with Gasteiger partial charge in [-0.25, -0.2) is 0 Å². The van der Waals surface area contributed by atoms with Crippen molar-refractivity contribution in [1.29, 1.82) is 0 Å². The Morgan fingerprint density at radius 1 is 1.17 bits per heavy atom. The first-order valence-electron chi connectivity index (χ1n) is 6.73. The van der Waals surface area contributed by atoms with E-state index in [1.165, 1.54) is 5.56 Å². The molecule has 0 bridgehead atoms. The number of benzene rings is 1. The SMILES string of the molecule is CCOc1cc(C2CCC(O)CC2)ccc1OC. The monoisotopic (exact) mass is 250 g/mol. The van der Waals surface area contributed by atoms with Gasteiger partial charge in [-0.3, -0.25) is 0 Å². The third-order valence-electron chi connectivity index (χ3n) is 3.66. The summed E-state index contributed by atoms with van der Waals surface area (Å²) in [6.45, 7) is 2.62. The van der Waals surface area contributed by atoms with E-state index in [2.05, 4.69) is 12.1 Å². The Labute approximate surface area is 109 Å². The molecule has 1 saturated carbocycles. The molecule has 18 heavy (non-hydrogen) atoms. The van der Waals surface area contributed by atoms with Crippen LogP contribution in [-0.4, -0.2) is 24.9 Å². The van der Waals surface area contributed by atoms with Gasteiger partial charge in [0.2, 0.25) is 0 Å². The van der Waals surface area contributed by atoms with Crippen LogP contribution < -0.4 is 9.47 Å². The van der Waals surface area contributed by atoms with Crippen LogP contribution in [0.1, 0.15) is 44.1 Å². The van der Waals surface area contributed by atoms with Crippen LogP contribution in [0.3, 0.4) is 0 Å². The van der Waals surface area contributed by atoms with Crippen LogP contribution in [0.4, 0.5) is 0 Å². The lowest BCUT2D eigenvalue weighted by atomic mass is 9.83. The van der Waals surface area contributed by atoms with Crippen LogP contribution in [0.15, 0.2) is 18.2 Å². The molecule has 0 spiro atoms. The van der Waals surface area contributed by atoms with Gasteiger partial charge >= 0.3 is 0 Å². The highest BCUT2D eigenvalue weighted by atomic mass is 16.5. The third-order valence-corrected chi connectivity index (χ3v) is 3.66. The molecule has 0 heterocycles. The fourth-order valence-electron chi connectivity index (χ4n) is 2.62. The molecular weight excluding hydrogens is 228 g/mol. The molecule has 1 aromatic carbocycles. The molecule has 0 amide bonds. The molecular formula is C15H22O3. The maximum atomic E-state index is 9.55. The predicted molar refractivity (Wildman–Crippen MR) is 71.4 cm³/mol. The van der Waals surface area contributed by atoms with Crippen molar-refractivity contribution >= 4 is 0 Å². The van der Waals surface area contributed by atoms with E-state index in [1.807, 2.05) is 13.0 Å². The highest BCUT2D eigenvalue weighted by Crippen LogP contribution is 2.37. The fourth-order valence-corrected chi connectivity index (χ4v) is 2.62. The molecule has 3 nitrogen and oxygen atoms in total. The molecule has 0 aliphatic heterocycles. The normalized spacial score (nSPS) is 23.7. The molecule has 1 fully saturated rings. The van der Waals surface area contributed by atoms with Gasteiger partial charge in [0.05, 0.1) is 19.8 Å². The van der Waals surface area contributed by atoms with Crippen molar-refractivity contribution in [2.24, 2.45) is 0 Å². The Morgan fingerprint density at radius 3 is 2.50 bits per heavy atom. The van der Waals surface area contributed by atoms with E-state index in [1.54, 1.807) is 7.11 Å². The first-order chi connectivity index (χ1) is 8.74. The summed E-state index contributed by atoms with van der Waals surface area (Å²) in [5.41, 5.74) is 1.30. The van der Waals surface area contributed by atoms with Gasteiger partial charge in [-0.05, 0) is 56.2 Å². The Bertz CT molecular complexity index is 381. The Hall–Kier alpha value is -1.22. The van der Waals surface area contributed by atoms with Crippen molar-refractivity contribution < 1.29 is 14.6 Å². The topological polar surface area (TPSA) is 38.7 Å². The van der Waals surface area contributed by atoms with Crippen LogP contribution in [0.2, 0.25) is 0 Å². The minimum Gasteiger partial charge on any atom is -0.493 e. The number of hydrogen-bond donors (Lipinski definition) is 1. The van der Waals surface area contributed by atoms with Crippen molar-refractivity contribution in [3.63, 3.8) is 0 Å². The predicted octanol–water partition coefficient (Wildman–Crippen LogP) is 3.11. The van der Waals surface area contributed by atoms with Gasteiger partial charge in [-0.1, -0.05) is 6.07 Å². The van der Waals surface area contributed by atoms with Crippen molar-refractivity contribution in [2.75, 3.05) is 13.7 Å². The summed E-state index contributed by atoms with van der Waals surface area (Å²) in [5, 5.41) is 9.55. The number of hydrogen-bond acceptors (Lipinski definition) is 3. The van der Waals surface area contributed by atoms with E-state index < -0.39 is 0 Å². The molecule has 0 atom stereocenters. The maximum absolute atomic E-state index is 9.55. The van der Waals surface area contributed by atoms with Gasteiger partial charge in [0.1, 0.15) is 0 Å². The average Bonchev–Trinajstić information content (AvgIpc) is 2.40. The first kappa shape index (κ1) is 13.2. The van der Waals surface area contributed by atoms with Gasteiger partial charge in [0, 0.05) is 0 Å². The standard InChI is InChI=1S/C15H22O3/c1-3-18-15-10-12(6-9-14(15)17-2)11-4-7-13(16)8-5-11/h6,9-11,13,16H,3-5,7-8H2,1-2H3. The van der Waals surface area contributed by atoms with Gasteiger partial charge in [0.25, 0.3) is 0 Å². The van der Waals surface area contributed by atoms with E-state index in [0.29, 0.717) is 12.5 Å². The summed E-state index contributed by atoms with van der Waals surface area (Å²) in [5.74, 6) is 2.15. The second-order valence-corrected chi connectivity index (χ2v) is 4.85. The Morgan fingerprint density at radius 2 is 1.89 bits per heavy atom. The summed E-state index contributed by atoms with van der Waals surface area (Å²) >= 11 is 0. The lowest BCUT2D eigenvalue weighted by molar-refractivity contribution is 0.122. The van der Waals surface area contributed by atoms with E-state index in [4.69, 9.17) is 9.47 Å². The lowest BCUT2D eigenvalue weighted by Crippen LogP contribution is -2.17. The van der Waals surface area contributed by atoms with E-state index >= 15 is 0 Å². The zero-order chi connectivity index (χ0) is 13.0. The van der Waals surface area contributed by atoms with Gasteiger partial charge in [0.15, 0.2) is 11.5 Å². The molecule has 3 heteroatoms. The van der Waals surface area contributed by atoms with E-state index in [0.717, 1.165) is 37.2 Å². The highest BCUT2D eigenvalue weighted by molar-refractivity contribution is 5.44. The molecule has 0 aromatic heterocycles. The number of methoxy groups -OCH3 is 1. The van der Waals surface area contributed by atoms with E-state index in [-0.39, 0.29) is 6.10 Å². The van der Waals surface area contributed by atoms with Crippen LogP contribution in [0.5, 0.6) is 11.5 Å². The van der Waals surface area contributed by atoms with Crippen LogP contribution in [0, 0.1) is 0 Å². The highest BCUT2D eigenvalue weighted by Gasteiger charge is 2.21. The molecule has 100 valence electrons. The van der Waals surface area contributed by atoms with Crippen molar-refractivity contribution in [3.8, 4) is 11.5 Å². The smallest absolute Gasteiger partial charge is 0.161 e. The van der Waals surface area contributed by atoms with E-state index in [9.17, 15) is 5.11 Å². The molecule has 1 aromatic rings. The van der Waals surface area contributed by atoms with Gasteiger partial charge in [-0.15, -0.1) is 0 Å². The summed E-state index contributed by atoms with van der Waals surface area (Å²) in [6.07, 6.45) is 3.81. The number of rotatable bonds is 4. The van der Waals surface area contributed by atoms with Crippen LogP contribution in [-0.2, 0) is 0 Å². The fraction of sp³-hybridized carbons (Fsp3) is 0.600. The quantitative estimate of drug-likeness (QED) is 0.892. The third kappa shape index (κ3) is 2.96. The van der Waals surface area contributed by atoms with Crippen molar-refractivity contribution in [2.45, 2.75) is 44.6 Å². The zero-order valence-electron chi connectivity index (χ0n) is 11.2. The Balaban J connectivity index is 2.15. The maximum Gasteiger partial charge on any atom is 0.161 e. The summed E-state index contributed by atoms with van der Waals surface area (Å²) < 4.78 is 10.9. The van der Waals surface area contributed by atoms with Crippen LogP contribution in [0.25, 0.3) is 0 Å². The number of aliphatic hydroxyl groups excluding tert-OH is 1. The molecule has 1 aliphatic carbocycles. The zero-order valence-corrected chi connectivity index (χ0v) is 11.2. The Kier molecular flexibility index (Phi) is 4.48. The second kappa shape index (κ2) is 6.10. The molecule has 0 radical (unpaired) electrons. The summed E-state index contributed by atoms with van der Waals surface area (Å²) in [7, 11) is 1.66. The van der Waals surface area contributed by atoms with Crippen molar-refractivity contribution in [3.05, 3.63) is 23.8 Å². The number of ether oxygens (including phenoxy) is 2. The minimum atomic E-state index is -0.106. The summed E-state index contributed by atoms with van der Waals surface area (Å²) in [4.78, 5) is 0. The summed E-state index contributed by atoms with van der Waals surface area (Å²) in [6, 6.07) is 6.18. The average molecular weight is 250 g/mol. The number of aliphatic hydroxyl groups is 1. The molecule has 0 unspecified atom stereocenters. The largest absolute Gasteiger partial charge is 0.493 e. The lowest BCUT2D eigenvalue weighted by Gasteiger charge is -2.26. The minimum absolute atomic E-state index is 0.106. The van der Waals surface area contributed by atoms with Gasteiger partial charge in [-0.2, -0.15) is 0 Å².